The van der Waals surface area contributed by atoms with Gasteiger partial charge in [0.15, 0.2) is 6.61 Å². The van der Waals surface area contributed by atoms with Crippen molar-refractivity contribution in [1.82, 2.24) is 10.2 Å². The minimum Gasteiger partial charge on any atom is -0.484 e. The van der Waals surface area contributed by atoms with E-state index >= 15 is 0 Å². The van der Waals surface area contributed by atoms with Crippen LogP contribution in [0.1, 0.15) is 51.7 Å². The molecule has 0 aliphatic rings. The Hall–Kier alpha value is -2.34. The zero-order valence-electron chi connectivity index (χ0n) is 19.0. The lowest BCUT2D eigenvalue weighted by atomic mass is 10.0. The van der Waals surface area contributed by atoms with E-state index in [0.717, 1.165) is 10.0 Å². The van der Waals surface area contributed by atoms with E-state index in [-0.39, 0.29) is 18.4 Å². The number of hydrogen-bond acceptors (Lipinski definition) is 3. The minimum atomic E-state index is -0.609. The predicted octanol–water partition coefficient (Wildman–Crippen LogP) is 5.14. The molecule has 2 rings (SSSR count). The molecule has 0 aromatic heterocycles. The molecule has 0 heterocycles. The summed E-state index contributed by atoms with van der Waals surface area (Å²) < 4.78 is 6.70. The number of nitrogens with zero attached hydrogens (tertiary/aromatic N) is 1. The van der Waals surface area contributed by atoms with Crippen LogP contribution in [0.2, 0.25) is 0 Å². The summed E-state index contributed by atoms with van der Waals surface area (Å²) in [5, 5.41) is 2.92. The van der Waals surface area contributed by atoms with Crippen molar-refractivity contribution in [3.8, 4) is 5.75 Å². The molecule has 2 aromatic carbocycles. The summed E-state index contributed by atoms with van der Waals surface area (Å²) in [6.07, 6.45) is 0. The van der Waals surface area contributed by atoms with Crippen molar-refractivity contribution in [2.45, 2.75) is 53.1 Å². The van der Waals surface area contributed by atoms with E-state index in [1.807, 2.05) is 62.4 Å². The van der Waals surface area contributed by atoms with Crippen LogP contribution in [0.4, 0.5) is 0 Å². The fraction of sp³-hybridized carbons (Fsp3) is 0.440. The van der Waals surface area contributed by atoms with E-state index in [2.05, 4.69) is 35.1 Å². The molecule has 5 nitrogen and oxygen atoms in total. The zero-order valence-corrected chi connectivity index (χ0v) is 20.6. The Morgan fingerprint density at radius 2 is 1.58 bits per heavy atom. The average molecular weight is 489 g/mol. The van der Waals surface area contributed by atoms with Gasteiger partial charge in [-0.3, -0.25) is 9.59 Å². The van der Waals surface area contributed by atoms with E-state index in [1.54, 1.807) is 11.8 Å². The van der Waals surface area contributed by atoms with Crippen molar-refractivity contribution < 1.29 is 14.3 Å². The Labute approximate surface area is 194 Å². The lowest BCUT2D eigenvalue weighted by molar-refractivity contribution is -0.142. The summed E-state index contributed by atoms with van der Waals surface area (Å²) in [7, 11) is 0. The van der Waals surface area contributed by atoms with Gasteiger partial charge >= 0.3 is 0 Å². The normalized spacial score (nSPS) is 12.0. The van der Waals surface area contributed by atoms with Gasteiger partial charge in [0.25, 0.3) is 5.91 Å². The van der Waals surface area contributed by atoms with E-state index in [0.29, 0.717) is 30.7 Å². The number of halogens is 1. The highest BCUT2D eigenvalue weighted by molar-refractivity contribution is 9.10. The number of carbonyl (C=O) groups is 2. The summed E-state index contributed by atoms with van der Waals surface area (Å²) in [4.78, 5) is 27.3. The smallest absolute Gasteiger partial charge is 0.261 e. The molecule has 31 heavy (non-hydrogen) atoms. The highest BCUT2D eigenvalue weighted by Crippen LogP contribution is 2.19. The van der Waals surface area contributed by atoms with Gasteiger partial charge in [0.05, 0.1) is 0 Å². The van der Waals surface area contributed by atoms with Crippen molar-refractivity contribution >= 4 is 27.7 Å². The Morgan fingerprint density at radius 1 is 0.968 bits per heavy atom. The summed E-state index contributed by atoms with van der Waals surface area (Å²) in [5.41, 5.74) is 2.16. The highest BCUT2D eigenvalue weighted by atomic mass is 79.9. The third kappa shape index (κ3) is 8.02. The highest BCUT2D eigenvalue weighted by Gasteiger charge is 2.26. The van der Waals surface area contributed by atoms with Gasteiger partial charge in [0, 0.05) is 17.6 Å². The van der Waals surface area contributed by atoms with Crippen LogP contribution >= 0.6 is 15.9 Å². The summed E-state index contributed by atoms with van der Waals surface area (Å²) >= 11 is 3.43. The number of nitrogens with one attached hydrogen (secondary N) is 1. The Morgan fingerprint density at radius 3 is 2.13 bits per heavy atom. The second kappa shape index (κ2) is 11.9. The monoisotopic (exact) mass is 488 g/mol. The van der Waals surface area contributed by atoms with Gasteiger partial charge in [-0.1, -0.05) is 67.9 Å². The number of carbonyl (C=O) groups excluding carboxylic acids is 2. The molecule has 2 amide bonds. The molecule has 0 bridgehead atoms. The quantitative estimate of drug-likeness (QED) is 0.503. The number of ether oxygens (including phenoxy) is 1. The maximum absolute atomic E-state index is 13.1. The van der Waals surface area contributed by atoms with Crippen LogP contribution in [0.5, 0.6) is 5.75 Å². The largest absolute Gasteiger partial charge is 0.484 e. The Bertz CT molecular complexity index is 848. The molecule has 0 saturated heterocycles. The van der Waals surface area contributed by atoms with Gasteiger partial charge in [-0.15, -0.1) is 0 Å². The fourth-order valence-corrected chi connectivity index (χ4v) is 3.26. The van der Waals surface area contributed by atoms with Gasteiger partial charge in [0.1, 0.15) is 11.8 Å². The molecule has 0 aliphatic carbocycles. The predicted molar refractivity (Wildman–Crippen MR) is 128 cm³/mol. The van der Waals surface area contributed by atoms with E-state index in [4.69, 9.17) is 4.74 Å². The zero-order chi connectivity index (χ0) is 23.0. The second-order valence-electron chi connectivity index (χ2n) is 8.48. The molecule has 2 aromatic rings. The second-order valence-corrected chi connectivity index (χ2v) is 9.39. The van der Waals surface area contributed by atoms with Crippen LogP contribution in [0.25, 0.3) is 0 Å². The van der Waals surface area contributed by atoms with E-state index in [1.165, 1.54) is 5.56 Å². The van der Waals surface area contributed by atoms with E-state index in [9.17, 15) is 9.59 Å². The fourth-order valence-electron chi connectivity index (χ4n) is 3.00. The molecule has 1 unspecified atom stereocenters. The first-order chi connectivity index (χ1) is 14.7. The maximum Gasteiger partial charge on any atom is 0.261 e. The third-order valence-electron chi connectivity index (χ3n) is 5.03. The third-order valence-corrected chi connectivity index (χ3v) is 5.56. The van der Waals surface area contributed by atoms with Crippen LogP contribution in [0.3, 0.4) is 0 Å². The van der Waals surface area contributed by atoms with Gasteiger partial charge in [-0.2, -0.15) is 0 Å². The Kier molecular flexibility index (Phi) is 9.56. The molecule has 1 atom stereocenters. The molecule has 6 heteroatoms. The van der Waals surface area contributed by atoms with Crippen LogP contribution in [-0.4, -0.2) is 35.9 Å². The van der Waals surface area contributed by atoms with Crippen molar-refractivity contribution in [3.63, 3.8) is 0 Å². The minimum absolute atomic E-state index is 0.126. The van der Waals surface area contributed by atoms with Crippen molar-refractivity contribution in [3.05, 3.63) is 64.1 Å². The molecular weight excluding hydrogens is 456 g/mol. The topological polar surface area (TPSA) is 58.6 Å². The van der Waals surface area contributed by atoms with Gasteiger partial charge in [-0.05, 0) is 54.2 Å². The molecule has 168 valence electrons. The van der Waals surface area contributed by atoms with Crippen molar-refractivity contribution in [2.24, 2.45) is 5.92 Å². The molecule has 0 fully saturated rings. The van der Waals surface area contributed by atoms with E-state index < -0.39 is 6.04 Å². The molecule has 0 radical (unpaired) electrons. The number of amides is 2. The standard InChI is InChI=1S/C25H33BrN2O3/c1-17(2)14-27-25(30)19(5)28(15-20-6-10-22(26)11-7-20)24(29)16-31-23-12-8-21(9-13-23)18(3)4/h6-13,17-19H,14-16H2,1-5H3,(H,27,30). The van der Waals surface area contributed by atoms with Gasteiger partial charge < -0.3 is 15.0 Å². The first-order valence-electron chi connectivity index (χ1n) is 10.7. The van der Waals surface area contributed by atoms with Crippen molar-refractivity contribution in [1.29, 1.82) is 0 Å². The summed E-state index contributed by atoms with van der Waals surface area (Å²) in [6, 6.07) is 14.9. The molecule has 0 saturated carbocycles. The van der Waals surface area contributed by atoms with Crippen molar-refractivity contribution in [2.75, 3.05) is 13.2 Å². The number of rotatable bonds is 10. The Balaban J connectivity index is 2.10. The van der Waals surface area contributed by atoms with Crippen LogP contribution in [0.15, 0.2) is 53.0 Å². The van der Waals surface area contributed by atoms with Crippen LogP contribution in [-0.2, 0) is 16.1 Å². The lowest BCUT2D eigenvalue weighted by Gasteiger charge is -2.29. The number of benzene rings is 2. The van der Waals surface area contributed by atoms with Gasteiger partial charge in [0.2, 0.25) is 5.91 Å². The van der Waals surface area contributed by atoms with Gasteiger partial charge in [-0.25, -0.2) is 0 Å². The summed E-state index contributed by atoms with van der Waals surface area (Å²) in [6.45, 7) is 10.9. The average Bonchev–Trinajstić information content (AvgIpc) is 2.75. The first-order valence-corrected chi connectivity index (χ1v) is 11.5. The van der Waals surface area contributed by atoms with Crippen LogP contribution in [0, 0.1) is 5.92 Å². The summed E-state index contributed by atoms with van der Waals surface area (Å²) in [5.74, 6) is 1.01. The first kappa shape index (κ1) is 24.9. The van der Waals surface area contributed by atoms with Crippen LogP contribution < -0.4 is 10.1 Å². The number of hydrogen-bond donors (Lipinski definition) is 1. The molecule has 1 N–H and O–H groups in total. The molecular formula is C25H33BrN2O3. The lowest BCUT2D eigenvalue weighted by Crippen LogP contribution is -2.49. The SMILES string of the molecule is CC(C)CNC(=O)C(C)N(Cc1ccc(Br)cc1)C(=O)COc1ccc(C(C)C)cc1. The molecule has 0 spiro atoms. The maximum atomic E-state index is 13.1. The molecule has 0 aliphatic heterocycles.